The van der Waals surface area contributed by atoms with Crippen LogP contribution in [0.1, 0.15) is 11.4 Å². The van der Waals surface area contributed by atoms with Gasteiger partial charge in [0.25, 0.3) is 0 Å². The van der Waals surface area contributed by atoms with Gasteiger partial charge in [-0.2, -0.15) is 0 Å². The van der Waals surface area contributed by atoms with E-state index in [1.807, 2.05) is 32.0 Å². The van der Waals surface area contributed by atoms with E-state index in [0.29, 0.717) is 23.0 Å². The number of ether oxygens (including phenoxy) is 2. The molecule has 2 rings (SSSR count). The topological polar surface area (TPSA) is 70.3 Å². The van der Waals surface area contributed by atoms with Crippen LogP contribution >= 0.6 is 0 Å². The minimum absolute atomic E-state index is 0.412. The molecule has 1 aromatic carbocycles. The zero-order chi connectivity index (χ0) is 14.0. The van der Waals surface area contributed by atoms with Gasteiger partial charge in [-0.05, 0) is 32.0 Å². The van der Waals surface area contributed by atoms with E-state index in [0.717, 1.165) is 17.0 Å². The Morgan fingerprint density at radius 2 is 1.58 bits per heavy atom. The van der Waals surface area contributed by atoms with Crippen molar-refractivity contribution in [2.45, 2.75) is 13.8 Å². The monoisotopic (exact) mass is 259 g/mol. The van der Waals surface area contributed by atoms with Gasteiger partial charge in [-0.1, -0.05) is 0 Å². The number of hydrogen-bond donors (Lipinski definition) is 1. The average molecular weight is 259 g/mol. The summed E-state index contributed by atoms with van der Waals surface area (Å²) in [4.78, 5) is 8.78. The Morgan fingerprint density at radius 1 is 0.947 bits per heavy atom. The van der Waals surface area contributed by atoms with E-state index < -0.39 is 0 Å². The van der Waals surface area contributed by atoms with Crippen LogP contribution < -0.4 is 15.2 Å². The molecule has 0 amide bonds. The molecule has 0 atom stereocenters. The molecule has 0 aliphatic carbocycles. The van der Waals surface area contributed by atoms with Crippen molar-refractivity contribution < 1.29 is 9.47 Å². The molecule has 2 N–H and O–H groups in total. The van der Waals surface area contributed by atoms with Crippen LogP contribution in [0.25, 0.3) is 11.3 Å². The summed E-state index contributed by atoms with van der Waals surface area (Å²) in [7, 11) is 3.19. The zero-order valence-corrected chi connectivity index (χ0v) is 11.5. The molecule has 2 aromatic rings. The molecule has 1 heterocycles. The van der Waals surface area contributed by atoms with Gasteiger partial charge in [-0.15, -0.1) is 0 Å². The van der Waals surface area contributed by atoms with Gasteiger partial charge >= 0.3 is 0 Å². The van der Waals surface area contributed by atoms with Crippen molar-refractivity contribution in [2.75, 3.05) is 20.0 Å². The third-order valence-corrected chi connectivity index (χ3v) is 2.99. The lowest BCUT2D eigenvalue weighted by atomic mass is 10.1. The molecule has 5 nitrogen and oxygen atoms in total. The molecule has 0 bridgehead atoms. The molecule has 0 spiro atoms. The number of anilines is 1. The summed E-state index contributed by atoms with van der Waals surface area (Å²) >= 11 is 0. The van der Waals surface area contributed by atoms with E-state index >= 15 is 0 Å². The number of rotatable bonds is 3. The Labute approximate surface area is 112 Å². The van der Waals surface area contributed by atoms with Gasteiger partial charge in [-0.3, -0.25) is 0 Å². The molecule has 1 aromatic heterocycles. The maximum Gasteiger partial charge on any atom is 0.161 e. The zero-order valence-electron chi connectivity index (χ0n) is 11.5. The molecule has 100 valence electrons. The summed E-state index contributed by atoms with van der Waals surface area (Å²) in [5, 5.41) is 0. The first-order valence-electron chi connectivity index (χ1n) is 5.90. The number of aromatic nitrogens is 2. The van der Waals surface area contributed by atoms with E-state index in [9.17, 15) is 0 Å². The lowest BCUT2D eigenvalue weighted by Crippen LogP contribution is -2.02. The normalized spacial score (nSPS) is 10.3. The van der Waals surface area contributed by atoms with Crippen LogP contribution in [0.3, 0.4) is 0 Å². The molecule has 5 heteroatoms. The smallest absolute Gasteiger partial charge is 0.161 e. The van der Waals surface area contributed by atoms with Gasteiger partial charge in [0.05, 0.1) is 25.6 Å². The van der Waals surface area contributed by atoms with Crippen LogP contribution in [0.15, 0.2) is 18.2 Å². The van der Waals surface area contributed by atoms with Crippen molar-refractivity contribution in [3.8, 4) is 22.8 Å². The van der Waals surface area contributed by atoms with Gasteiger partial charge in [0.2, 0.25) is 0 Å². The summed E-state index contributed by atoms with van der Waals surface area (Å²) < 4.78 is 10.5. The SMILES string of the molecule is COc1ccc(-c2nc(C)c(C)nc2N)cc1OC. The molecule has 0 unspecified atom stereocenters. The van der Waals surface area contributed by atoms with Crippen LogP contribution in [-0.2, 0) is 0 Å². The Hall–Kier alpha value is -2.30. The maximum atomic E-state index is 5.94. The Bertz CT molecular complexity index is 612. The van der Waals surface area contributed by atoms with Gasteiger partial charge in [0, 0.05) is 5.56 Å². The van der Waals surface area contributed by atoms with E-state index in [2.05, 4.69) is 9.97 Å². The minimum atomic E-state index is 0.412. The predicted molar refractivity (Wildman–Crippen MR) is 74.5 cm³/mol. The second kappa shape index (κ2) is 5.14. The van der Waals surface area contributed by atoms with E-state index in [-0.39, 0.29) is 0 Å². The lowest BCUT2D eigenvalue weighted by molar-refractivity contribution is 0.355. The summed E-state index contributed by atoms with van der Waals surface area (Å²) in [6.45, 7) is 3.79. The van der Waals surface area contributed by atoms with E-state index in [1.165, 1.54) is 0 Å². The van der Waals surface area contributed by atoms with Gasteiger partial charge < -0.3 is 15.2 Å². The van der Waals surface area contributed by atoms with Crippen LogP contribution in [-0.4, -0.2) is 24.2 Å². The number of nitrogens with two attached hydrogens (primary N) is 1. The Kier molecular flexibility index (Phi) is 3.55. The quantitative estimate of drug-likeness (QED) is 0.916. The highest BCUT2D eigenvalue weighted by molar-refractivity contribution is 5.72. The average Bonchev–Trinajstić information content (AvgIpc) is 2.42. The fourth-order valence-corrected chi connectivity index (χ4v) is 1.82. The first-order valence-corrected chi connectivity index (χ1v) is 5.90. The fourth-order valence-electron chi connectivity index (χ4n) is 1.82. The van der Waals surface area contributed by atoms with Crippen LogP contribution in [0.2, 0.25) is 0 Å². The summed E-state index contributed by atoms with van der Waals surface area (Å²) in [5.74, 6) is 1.72. The van der Waals surface area contributed by atoms with Crippen molar-refractivity contribution in [2.24, 2.45) is 0 Å². The molecule has 0 aliphatic rings. The standard InChI is InChI=1S/C14H17N3O2/c1-8-9(2)17-14(15)13(16-8)10-5-6-11(18-3)12(7-10)19-4/h5-7H,1-4H3,(H2,15,17). The molecule has 0 saturated carbocycles. The van der Waals surface area contributed by atoms with Crippen molar-refractivity contribution in [3.63, 3.8) is 0 Å². The number of nitrogens with zero attached hydrogens (tertiary/aromatic N) is 2. The molecule has 0 saturated heterocycles. The number of nitrogen functional groups attached to an aromatic ring is 1. The second-order valence-electron chi connectivity index (χ2n) is 4.20. The molecule has 0 aliphatic heterocycles. The van der Waals surface area contributed by atoms with Crippen molar-refractivity contribution in [3.05, 3.63) is 29.6 Å². The van der Waals surface area contributed by atoms with E-state index in [1.54, 1.807) is 14.2 Å². The largest absolute Gasteiger partial charge is 0.493 e. The molecule has 19 heavy (non-hydrogen) atoms. The molecular formula is C14H17N3O2. The van der Waals surface area contributed by atoms with Gasteiger partial charge in [-0.25, -0.2) is 9.97 Å². The number of benzene rings is 1. The Balaban J connectivity index is 2.56. The third-order valence-electron chi connectivity index (χ3n) is 2.99. The van der Waals surface area contributed by atoms with E-state index in [4.69, 9.17) is 15.2 Å². The number of hydrogen-bond acceptors (Lipinski definition) is 5. The molecular weight excluding hydrogens is 242 g/mol. The summed E-state index contributed by atoms with van der Waals surface area (Å²) in [6, 6.07) is 5.55. The van der Waals surface area contributed by atoms with Crippen LogP contribution in [0.4, 0.5) is 5.82 Å². The van der Waals surface area contributed by atoms with Crippen LogP contribution in [0, 0.1) is 13.8 Å². The fraction of sp³-hybridized carbons (Fsp3) is 0.286. The summed E-state index contributed by atoms with van der Waals surface area (Å²) in [5.41, 5.74) is 9.14. The first kappa shape index (κ1) is 13.1. The first-order chi connectivity index (χ1) is 9.06. The third kappa shape index (κ3) is 2.45. The Morgan fingerprint density at radius 3 is 2.21 bits per heavy atom. The van der Waals surface area contributed by atoms with Crippen LogP contribution in [0.5, 0.6) is 11.5 Å². The van der Waals surface area contributed by atoms with Gasteiger partial charge in [0.1, 0.15) is 11.5 Å². The van der Waals surface area contributed by atoms with Crippen molar-refractivity contribution in [1.82, 2.24) is 9.97 Å². The summed E-state index contributed by atoms with van der Waals surface area (Å²) in [6.07, 6.45) is 0. The van der Waals surface area contributed by atoms with Crippen molar-refractivity contribution >= 4 is 5.82 Å². The van der Waals surface area contributed by atoms with Crippen molar-refractivity contribution in [1.29, 1.82) is 0 Å². The number of aryl methyl sites for hydroxylation is 2. The highest BCUT2D eigenvalue weighted by atomic mass is 16.5. The molecule has 0 fully saturated rings. The maximum absolute atomic E-state index is 5.94. The predicted octanol–water partition coefficient (Wildman–Crippen LogP) is 2.36. The highest BCUT2D eigenvalue weighted by Gasteiger charge is 2.12. The van der Waals surface area contributed by atoms with Gasteiger partial charge in [0.15, 0.2) is 11.5 Å². The highest BCUT2D eigenvalue weighted by Crippen LogP contribution is 2.33. The number of methoxy groups -OCH3 is 2. The lowest BCUT2D eigenvalue weighted by Gasteiger charge is -2.11. The molecule has 0 radical (unpaired) electrons. The minimum Gasteiger partial charge on any atom is -0.493 e. The second-order valence-corrected chi connectivity index (χ2v) is 4.20.